The molecule has 1 aromatic heterocycles. The van der Waals surface area contributed by atoms with E-state index in [1.807, 2.05) is 13.0 Å². The van der Waals surface area contributed by atoms with Gasteiger partial charge in [-0.25, -0.2) is 9.48 Å². The molecule has 8 heteroatoms. The highest BCUT2D eigenvalue weighted by atomic mass is 16.5. The molecule has 1 heterocycles. The van der Waals surface area contributed by atoms with Crippen molar-refractivity contribution in [3.05, 3.63) is 53.6 Å². The van der Waals surface area contributed by atoms with Gasteiger partial charge in [0.2, 0.25) is 0 Å². The van der Waals surface area contributed by atoms with Gasteiger partial charge in [0.05, 0.1) is 22.7 Å². The summed E-state index contributed by atoms with van der Waals surface area (Å²) in [5.41, 5.74) is 2.58. The van der Waals surface area contributed by atoms with Crippen molar-refractivity contribution in [2.75, 3.05) is 11.9 Å². The lowest BCUT2D eigenvalue weighted by atomic mass is 10.2. The number of ether oxygens (including phenoxy) is 1. The molecule has 3 rings (SSSR count). The van der Waals surface area contributed by atoms with Gasteiger partial charge in [-0.05, 0) is 43.3 Å². The summed E-state index contributed by atoms with van der Waals surface area (Å²) in [6.07, 6.45) is 0. The topological polar surface area (TPSA) is 110 Å². The lowest BCUT2D eigenvalue weighted by molar-refractivity contribution is -0.119. The quantitative estimate of drug-likeness (QED) is 0.707. The Morgan fingerprint density at radius 2 is 2.12 bits per heavy atom. The molecular formula is C18H15N5O3. The van der Waals surface area contributed by atoms with Gasteiger partial charge in [-0.15, -0.1) is 5.10 Å². The highest BCUT2D eigenvalue weighted by molar-refractivity contribution is 5.97. The number of anilines is 1. The van der Waals surface area contributed by atoms with Crippen LogP contribution < -0.4 is 5.32 Å². The molecule has 0 atom stereocenters. The zero-order valence-electron chi connectivity index (χ0n) is 14.0. The zero-order chi connectivity index (χ0) is 18.5. The highest BCUT2D eigenvalue weighted by Gasteiger charge is 2.13. The van der Waals surface area contributed by atoms with Crippen molar-refractivity contribution in [3.8, 4) is 6.07 Å². The van der Waals surface area contributed by atoms with E-state index in [1.54, 1.807) is 41.1 Å². The molecule has 0 saturated carbocycles. The Kier molecular flexibility index (Phi) is 4.90. The van der Waals surface area contributed by atoms with Gasteiger partial charge >= 0.3 is 5.97 Å². The summed E-state index contributed by atoms with van der Waals surface area (Å²) in [4.78, 5) is 24.0. The summed E-state index contributed by atoms with van der Waals surface area (Å²) in [5.74, 6) is -1.12. The first-order valence-corrected chi connectivity index (χ1v) is 7.91. The third-order valence-corrected chi connectivity index (χ3v) is 3.66. The Hall–Kier alpha value is -3.73. The fraction of sp³-hybridized carbons (Fsp3) is 0.167. The summed E-state index contributed by atoms with van der Waals surface area (Å²) in [6.45, 7) is 2.18. The molecule has 3 aromatic rings. The minimum absolute atomic E-state index is 0.292. The molecule has 1 amide bonds. The van der Waals surface area contributed by atoms with Gasteiger partial charge in [-0.2, -0.15) is 5.26 Å². The number of nitrogens with one attached hydrogen (secondary N) is 1. The smallest absolute Gasteiger partial charge is 0.338 e. The second-order valence-corrected chi connectivity index (χ2v) is 5.43. The third-order valence-electron chi connectivity index (χ3n) is 3.66. The van der Waals surface area contributed by atoms with Crippen molar-refractivity contribution in [2.24, 2.45) is 0 Å². The molecular weight excluding hydrogens is 334 g/mol. The lowest BCUT2D eigenvalue weighted by Gasteiger charge is -2.07. The monoisotopic (exact) mass is 349 g/mol. The molecule has 0 aliphatic carbocycles. The first kappa shape index (κ1) is 17.1. The number of aryl methyl sites for hydroxylation is 1. The molecule has 1 N–H and O–H groups in total. The maximum Gasteiger partial charge on any atom is 0.338 e. The Bertz CT molecular complexity index is 1020. The van der Waals surface area contributed by atoms with Crippen molar-refractivity contribution in [1.82, 2.24) is 15.0 Å². The average molecular weight is 349 g/mol. The van der Waals surface area contributed by atoms with Gasteiger partial charge in [0.15, 0.2) is 6.61 Å². The normalized spacial score (nSPS) is 10.3. The van der Waals surface area contributed by atoms with Crippen LogP contribution in [0.15, 0.2) is 42.5 Å². The molecule has 0 saturated heterocycles. The van der Waals surface area contributed by atoms with Crippen LogP contribution in [-0.2, 0) is 16.1 Å². The van der Waals surface area contributed by atoms with Gasteiger partial charge in [0, 0.05) is 12.2 Å². The molecule has 0 aliphatic heterocycles. The Morgan fingerprint density at radius 3 is 2.88 bits per heavy atom. The van der Waals surface area contributed by atoms with E-state index in [-0.39, 0.29) is 0 Å². The average Bonchev–Trinajstić information content (AvgIpc) is 3.08. The summed E-state index contributed by atoms with van der Waals surface area (Å²) in [7, 11) is 0. The molecule has 0 spiro atoms. The van der Waals surface area contributed by atoms with E-state index in [0.29, 0.717) is 28.9 Å². The molecule has 2 aromatic carbocycles. The Morgan fingerprint density at radius 1 is 1.27 bits per heavy atom. The highest BCUT2D eigenvalue weighted by Crippen LogP contribution is 2.14. The Balaban J connectivity index is 1.61. The van der Waals surface area contributed by atoms with E-state index in [1.165, 1.54) is 6.07 Å². The minimum Gasteiger partial charge on any atom is -0.452 e. The number of carbonyl (C=O) groups is 2. The van der Waals surface area contributed by atoms with Crippen LogP contribution in [0.4, 0.5) is 5.69 Å². The summed E-state index contributed by atoms with van der Waals surface area (Å²) < 4.78 is 6.75. The van der Waals surface area contributed by atoms with Gasteiger partial charge in [0.25, 0.3) is 5.91 Å². The first-order chi connectivity index (χ1) is 12.6. The number of hydrogen-bond acceptors (Lipinski definition) is 6. The SMILES string of the molecule is CCn1nnc2cc(C(=O)OCC(=O)Nc3cccc(C#N)c3)ccc21. The van der Waals surface area contributed by atoms with Crippen LogP contribution in [0.1, 0.15) is 22.8 Å². The molecule has 26 heavy (non-hydrogen) atoms. The molecule has 8 nitrogen and oxygen atoms in total. The zero-order valence-corrected chi connectivity index (χ0v) is 14.0. The molecule has 0 unspecified atom stereocenters. The van der Waals surface area contributed by atoms with Gasteiger partial charge in [0.1, 0.15) is 5.52 Å². The predicted molar refractivity (Wildman–Crippen MR) is 93.3 cm³/mol. The lowest BCUT2D eigenvalue weighted by Crippen LogP contribution is -2.21. The van der Waals surface area contributed by atoms with Crippen LogP contribution >= 0.6 is 0 Å². The summed E-state index contributed by atoms with van der Waals surface area (Å²) in [6, 6.07) is 13.4. The van der Waals surface area contributed by atoms with Crippen LogP contribution in [0.3, 0.4) is 0 Å². The number of benzene rings is 2. The van der Waals surface area contributed by atoms with E-state index in [2.05, 4.69) is 15.6 Å². The number of nitriles is 1. The van der Waals surface area contributed by atoms with Crippen molar-refractivity contribution >= 4 is 28.6 Å². The van der Waals surface area contributed by atoms with E-state index >= 15 is 0 Å². The number of rotatable bonds is 5. The number of aromatic nitrogens is 3. The molecule has 0 bridgehead atoms. The van der Waals surface area contributed by atoms with Crippen LogP contribution in [0, 0.1) is 11.3 Å². The number of carbonyl (C=O) groups excluding carboxylic acids is 2. The van der Waals surface area contributed by atoms with Gasteiger partial charge < -0.3 is 10.1 Å². The van der Waals surface area contributed by atoms with E-state index in [0.717, 1.165) is 5.52 Å². The van der Waals surface area contributed by atoms with Crippen LogP contribution in [0.2, 0.25) is 0 Å². The molecule has 0 radical (unpaired) electrons. The maximum atomic E-state index is 12.1. The second-order valence-electron chi connectivity index (χ2n) is 5.43. The maximum absolute atomic E-state index is 12.1. The van der Waals surface area contributed by atoms with Crippen molar-refractivity contribution in [1.29, 1.82) is 5.26 Å². The fourth-order valence-corrected chi connectivity index (χ4v) is 2.41. The van der Waals surface area contributed by atoms with Gasteiger partial charge in [-0.3, -0.25) is 4.79 Å². The standard InChI is InChI=1S/C18H15N5O3/c1-2-23-16-7-6-13(9-15(16)21-22-23)18(25)26-11-17(24)20-14-5-3-4-12(8-14)10-19/h3-9H,2,11H2,1H3,(H,20,24). The second kappa shape index (κ2) is 7.44. The first-order valence-electron chi connectivity index (χ1n) is 7.91. The fourth-order valence-electron chi connectivity index (χ4n) is 2.41. The molecule has 0 aliphatic rings. The van der Waals surface area contributed by atoms with E-state index in [9.17, 15) is 9.59 Å². The van der Waals surface area contributed by atoms with Crippen LogP contribution in [-0.4, -0.2) is 33.5 Å². The van der Waals surface area contributed by atoms with Crippen LogP contribution in [0.25, 0.3) is 11.0 Å². The molecule has 0 fully saturated rings. The number of amides is 1. The summed E-state index contributed by atoms with van der Waals surface area (Å²) in [5, 5.41) is 19.4. The number of nitrogens with zero attached hydrogens (tertiary/aromatic N) is 4. The number of esters is 1. The van der Waals surface area contributed by atoms with E-state index < -0.39 is 18.5 Å². The largest absolute Gasteiger partial charge is 0.452 e. The van der Waals surface area contributed by atoms with Crippen molar-refractivity contribution in [2.45, 2.75) is 13.5 Å². The number of hydrogen-bond donors (Lipinski definition) is 1. The summed E-state index contributed by atoms with van der Waals surface area (Å²) >= 11 is 0. The van der Waals surface area contributed by atoms with E-state index in [4.69, 9.17) is 10.00 Å². The molecule has 130 valence electrons. The van der Waals surface area contributed by atoms with Crippen molar-refractivity contribution < 1.29 is 14.3 Å². The Labute approximate surface area is 149 Å². The number of fused-ring (bicyclic) bond motifs is 1. The van der Waals surface area contributed by atoms with Crippen LogP contribution in [0.5, 0.6) is 0 Å². The van der Waals surface area contributed by atoms with Crippen molar-refractivity contribution in [3.63, 3.8) is 0 Å². The van der Waals surface area contributed by atoms with Gasteiger partial charge in [-0.1, -0.05) is 11.3 Å². The predicted octanol–water partition coefficient (Wildman–Crippen LogP) is 2.12. The third kappa shape index (κ3) is 3.67. The minimum atomic E-state index is -0.626.